The van der Waals surface area contributed by atoms with Crippen LogP contribution < -0.4 is 0 Å². The highest BCUT2D eigenvalue weighted by atomic mass is 16.3. The maximum atomic E-state index is 11.1. The maximum Gasteiger partial charge on any atom is 0.178 e. The number of aromatic nitrogens is 3. The average Bonchev–Trinajstić information content (AvgIpc) is 3.03. The van der Waals surface area contributed by atoms with Gasteiger partial charge in [0.1, 0.15) is 11.3 Å². The van der Waals surface area contributed by atoms with E-state index in [1.54, 1.807) is 10.9 Å². The number of rotatable bonds is 10. The van der Waals surface area contributed by atoms with Crippen molar-refractivity contribution in [3.8, 4) is 0 Å². The fourth-order valence-electron chi connectivity index (χ4n) is 2.70. The van der Waals surface area contributed by atoms with Crippen molar-refractivity contribution in [2.45, 2.75) is 70.4 Å². The molecule has 2 rings (SSSR count). The van der Waals surface area contributed by atoms with Crippen molar-refractivity contribution >= 4 is 5.78 Å². The molecule has 23 heavy (non-hydrogen) atoms. The molecule has 0 amide bonds. The molecule has 0 bridgehead atoms. The largest absolute Gasteiger partial charge is 0.376 e. The molecule has 126 valence electrons. The third-order valence-electron chi connectivity index (χ3n) is 4.19. The first kappa shape index (κ1) is 17.6. The molecule has 5 nitrogen and oxygen atoms in total. The van der Waals surface area contributed by atoms with Gasteiger partial charge in [-0.05, 0) is 30.7 Å². The first-order chi connectivity index (χ1) is 11.1. The Bertz CT molecular complexity index is 544. The van der Waals surface area contributed by atoms with Crippen LogP contribution in [0.5, 0.6) is 0 Å². The van der Waals surface area contributed by atoms with Gasteiger partial charge in [0.15, 0.2) is 5.78 Å². The molecule has 0 spiro atoms. The Morgan fingerprint density at radius 1 is 1.04 bits per heavy atom. The van der Waals surface area contributed by atoms with E-state index >= 15 is 0 Å². The Morgan fingerprint density at radius 3 is 2.30 bits per heavy atom. The first-order valence-corrected chi connectivity index (χ1v) is 8.69. The number of aryl methyl sites for hydroxylation is 1. The number of aliphatic hydroxyl groups is 1. The predicted octanol–water partition coefficient (Wildman–Crippen LogP) is 3.30. The summed E-state index contributed by atoms with van der Waals surface area (Å²) in [5.74, 6) is -0.124. The van der Waals surface area contributed by atoms with E-state index < -0.39 is 5.60 Å². The molecular weight excluding hydrogens is 290 g/mol. The highest BCUT2D eigenvalue weighted by Gasteiger charge is 2.28. The van der Waals surface area contributed by atoms with Crippen LogP contribution >= 0.6 is 0 Å². The van der Waals surface area contributed by atoms with Gasteiger partial charge in [-0.1, -0.05) is 57.1 Å². The van der Waals surface area contributed by atoms with E-state index in [-0.39, 0.29) is 5.78 Å². The summed E-state index contributed by atoms with van der Waals surface area (Å²) in [7, 11) is 0. The number of carbonyl (C=O) groups excluding carboxylic acids is 1. The van der Waals surface area contributed by atoms with Crippen LogP contribution in [-0.4, -0.2) is 25.9 Å². The van der Waals surface area contributed by atoms with Crippen LogP contribution in [-0.2, 0) is 16.9 Å². The SMILES string of the molecule is CCCCCCCCCCn1cc(C2(O)C=CC(=O)C=C2)nn1. The predicted molar refractivity (Wildman–Crippen MR) is 89.8 cm³/mol. The van der Waals surface area contributed by atoms with Crippen molar-refractivity contribution in [3.05, 3.63) is 36.2 Å². The molecule has 1 aliphatic carbocycles. The van der Waals surface area contributed by atoms with Crippen molar-refractivity contribution in [2.24, 2.45) is 0 Å². The van der Waals surface area contributed by atoms with Crippen molar-refractivity contribution in [1.29, 1.82) is 0 Å². The summed E-state index contributed by atoms with van der Waals surface area (Å²) in [6.45, 7) is 3.05. The van der Waals surface area contributed by atoms with Gasteiger partial charge in [-0.2, -0.15) is 0 Å². The molecule has 0 atom stereocenters. The van der Waals surface area contributed by atoms with E-state index in [1.165, 1.54) is 69.2 Å². The fraction of sp³-hybridized carbons (Fsp3) is 0.611. The van der Waals surface area contributed by atoms with Crippen LogP contribution in [0.15, 0.2) is 30.5 Å². The summed E-state index contributed by atoms with van der Waals surface area (Å²) >= 11 is 0. The Hall–Kier alpha value is -1.75. The Kier molecular flexibility index (Phi) is 6.71. The van der Waals surface area contributed by atoms with Crippen molar-refractivity contribution < 1.29 is 9.90 Å². The van der Waals surface area contributed by atoms with Gasteiger partial charge in [-0.15, -0.1) is 5.10 Å². The topological polar surface area (TPSA) is 68.0 Å². The molecule has 1 aromatic heterocycles. The van der Waals surface area contributed by atoms with Crippen LogP contribution in [0.3, 0.4) is 0 Å². The summed E-state index contributed by atoms with van der Waals surface area (Å²) in [5.41, 5.74) is -0.858. The third-order valence-corrected chi connectivity index (χ3v) is 4.19. The summed E-state index contributed by atoms with van der Waals surface area (Å²) in [4.78, 5) is 11.1. The van der Waals surface area contributed by atoms with Crippen LogP contribution in [0.25, 0.3) is 0 Å². The molecule has 5 heteroatoms. The second-order valence-electron chi connectivity index (χ2n) is 6.24. The fourth-order valence-corrected chi connectivity index (χ4v) is 2.70. The second kappa shape index (κ2) is 8.77. The number of hydrogen-bond acceptors (Lipinski definition) is 4. The minimum atomic E-state index is -1.31. The van der Waals surface area contributed by atoms with E-state index in [0.29, 0.717) is 5.69 Å². The molecule has 1 aromatic rings. The third kappa shape index (κ3) is 5.43. The normalized spacial score (nSPS) is 16.2. The van der Waals surface area contributed by atoms with Crippen LogP contribution in [0, 0.1) is 0 Å². The van der Waals surface area contributed by atoms with Gasteiger partial charge in [0, 0.05) is 6.54 Å². The zero-order chi connectivity index (χ0) is 16.5. The number of allylic oxidation sites excluding steroid dienone is 2. The van der Waals surface area contributed by atoms with E-state index in [9.17, 15) is 9.90 Å². The van der Waals surface area contributed by atoms with Gasteiger partial charge in [0.25, 0.3) is 0 Å². The summed E-state index contributed by atoms with van der Waals surface area (Å²) in [6, 6.07) is 0. The van der Waals surface area contributed by atoms with Crippen LogP contribution in [0.4, 0.5) is 0 Å². The molecule has 0 saturated heterocycles. The molecule has 1 heterocycles. The molecule has 0 unspecified atom stereocenters. The summed E-state index contributed by atoms with van der Waals surface area (Å²) < 4.78 is 1.77. The minimum Gasteiger partial charge on any atom is -0.376 e. The zero-order valence-electron chi connectivity index (χ0n) is 13.9. The Morgan fingerprint density at radius 2 is 1.65 bits per heavy atom. The quantitative estimate of drug-likeness (QED) is 0.672. The number of hydrogen-bond donors (Lipinski definition) is 1. The average molecular weight is 317 g/mol. The van der Waals surface area contributed by atoms with E-state index in [1.807, 2.05) is 0 Å². The lowest BCUT2D eigenvalue weighted by Crippen LogP contribution is -2.23. The number of nitrogens with zero attached hydrogens (tertiary/aromatic N) is 3. The molecule has 0 aliphatic heterocycles. The lowest BCUT2D eigenvalue weighted by molar-refractivity contribution is -0.110. The van der Waals surface area contributed by atoms with Crippen molar-refractivity contribution in [2.75, 3.05) is 0 Å². The van der Waals surface area contributed by atoms with Gasteiger partial charge in [0.2, 0.25) is 0 Å². The highest BCUT2D eigenvalue weighted by Crippen LogP contribution is 2.24. The van der Waals surface area contributed by atoms with Gasteiger partial charge in [-0.25, -0.2) is 0 Å². The van der Waals surface area contributed by atoms with Gasteiger partial charge in [0.05, 0.1) is 6.20 Å². The highest BCUT2D eigenvalue weighted by molar-refractivity contribution is 6.00. The van der Waals surface area contributed by atoms with E-state index in [4.69, 9.17) is 0 Å². The van der Waals surface area contributed by atoms with Crippen LogP contribution in [0.2, 0.25) is 0 Å². The van der Waals surface area contributed by atoms with E-state index in [0.717, 1.165) is 13.0 Å². The van der Waals surface area contributed by atoms with Gasteiger partial charge in [-0.3, -0.25) is 9.48 Å². The monoisotopic (exact) mass is 317 g/mol. The zero-order valence-corrected chi connectivity index (χ0v) is 13.9. The lowest BCUT2D eigenvalue weighted by atomic mass is 9.95. The Labute approximate surface area is 138 Å². The smallest absolute Gasteiger partial charge is 0.178 e. The molecule has 0 saturated carbocycles. The number of unbranched alkanes of at least 4 members (excludes halogenated alkanes) is 7. The molecule has 1 N–H and O–H groups in total. The Balaban J connectivity index is 1.70. The molecule has 1 aliphatic rings. The van der Waals surface area contributed by atoms with Gasteiger partial charge >= 0.3 is 0 Å². The van der Waals surface area contributed by atoms with Crippen molar-refractivity contribution in [3.63, 3.8) is 0 Å². The first-order valence-electron chi connectivity index (χ1n) is 8.69. The number of carbonyl (C=O) groups is 1. The summed E-state index contributed by atoms with van der Waals surface area (Å²) in [6.07, 6.45) is 17.6. The molecular formula is C18H27N3O2. The molecule has 0 radical (unpaired) electrons. The van der Waals surface area contributed by atoms with E-state index in [2.05, 4.69) is 17.2 Å². The minimum absolute atomic E-state index is 0.124. The lowest BCUT2D eigenvalue weighted by Gasteiger charge is -2.18. The molecule has 0 fully saturated rings. The molecule has 0 aromatic carbocycles. The number of ketones is 1. The maximum absolute atomic E-state index is 11.1. The standard InChI is InChI=1S/C18H27N3O2/c1-2-3-4-5-6-7-8-9-14-21-15-17(19-20-21)18(23)12-10-16(22)11-13-18/h10-13,15,23H,2-9,14H2,1H3. The van der Waals surface area contributed by atoms with Gasteiger partial charge < -0.3 is 5.11 Å². The summed E-state index contributed by atoms with van der Waals surface area (Å²) in [5, 5.41) is 18.5. The van der Waals surface area contributed by atoms with Crippen LogP contribution in [0.1, 0.15) is 64.0 Å². The van der Waals surface area contributed by atoms with Crippen molar-refractivity contribution in [1.82, 2.24) is 15.0 Å². The second-order valence-corrected chi connectivity index (χ2v) is 6.24.